The number of sulfone groups is 1. The molecule has 0 saturated heterocycles. The summed E-state index contributed by atoms with van der Waals surface area (Å²) >= 11 is 0. The minimum Gasteiger partial charge on any atom is -0.315 e. The van der Waals surface area contributed by atoms with Gasteiger partial charge in [-0.2, -0.15) is 0 Å². The standard InChI is InChI=1S/C10H24N2O2S/c1-10(2,3)12-8-7-11-6-5-9-15(4,13)14/h11-12H,5-9H2,1-4H3. The lowest BCUT2D eigenvalue weighted by Gasteiger charge is -2.20. The zero-order valence-electron chi connectivity index (χ0n) is 10.3. The maximum atomic E-state index is 10.8. The van der Waals surface area contributed by atoms with E-state index in [0.717, 1.165) is 19.6 Å². The van der Waals surface area contributed by atoms with E-state index in [1.54, 1.807) is 0 Å². The van der Waals surface area contributed by atoms with Crippen molar-refractivity contribution >= 4 is 9.84 Å². The van der Waals surface area contributed by atoms with E-state index < -0.39 is 9.84 Å². The molecule has 0 heterocycles. The number of rotatable bonds is 7. The lowest BCUT2D eigenvalue weighted by atomic mass is 10.1. The van der Waals surface area contributed by atoms with E-state index in [0.29, 0.717) is 6.42 Å². The largest absolute Gasteiger partial charge is 0.315 e. The van der Waals surface area contributed by atoms with Crippen molar-refractivity contribution in [2.24, 2.45) is 0 Å². The van der Waals surface area contributed by atoms with Gasteiger partial charge in [-0.25, -0.2) is 8.42 Å². The highest BCUT2D eigenvalue weighted by atomic mass is 32.2. The Morgan fingerprint density at radius 3 is 2.13 bits per heavy atom. The number of hydrogen-bond donors (Lipinski definition) is 2. The van der Waals surface area contributed by atoms with Gasteiger partial charge < -0.3 is 10.6 Å². The first kappa shape index (κ1) is 14.9. The quantitative estimate of drug-likeness (QED) is 0.628. The van der Waals surface area contributed by atoms with Crippen molar-refractivity contribution < 1.29 is 8.42 Å². The van der Waals surface area contributed by atoms with Crippen molar-refractivity contribution in [1.82, 2.24) is 10.6 Å². The predicted molar refractivity (Wildman–Crippen MR) is 65.0 cm³/mol. The molecule has 0 aliphatic heterocycles. The molecule has 92 valence electrons. The maximum Gasteiger partial charge on any atom is 0.147 e. The monoisotopic (exact) mass is 236 g/mol. The smallest absolute Gasteiger partial charge is 0.147 e. The molecule has 0 rings (SSSR count). The van der Waals surface area contributed by atoms with E-state index in [2.05, 4.69) is 31.4 Å². The molecule has 0 bridgehead atoms. The molecular weight excluding hydrogens is 212 g/mol. The van der Waals surface area contributed by atoms with Gasteiger partial charge in [0.05, 0.1) is 5.75 Å². The first-order chi connectivity index (χ1) is 6.71. The lowest BCUT2D eigenvalue weighted by Crippen LogP contribution is -2.40. The zero-order chi connectivity index (χ0) is 11.9. The summed E-state index contributed by atoms with van der Waals surface area (Å²) in [5.41, 5.74) is 0.147. The third kappa shape index (κ3) is 13.9. The third-order valence-electron chi connectivity index (χ3n) is 1.83. The molecular formula is C10H24N2O2S. The van der Waals surface area contributed by atoms with Crippen molar-refractivity contribution in [3.63, 3.8) is 0 Å². The van der Waals surface area contributed by atoms with Crippen LogP contribution in [0, 0.1) is 0 Å². The molecule has 0 aromatic rings. The van der Waals surface area contributed by atoms with Crippen LogP contribution in [0.3, 0.4) is 0 Å². The predicted octanol–water partition coefficient (Wildman–Crippen LogP) is 0.399. The molecule has 0 saturated carbocycles. The van der Waals surface area contributed by atoms with Crippen LogP contribution in [0.1, 0.15) is 27.2 Å². The normalized spacial score (nSPS) is 13.1. The molecule has 0 unspecified atom stereocenters. The fraction of sp³-hybridized carbons (Fsp3) is 1.00. The Kier molecular flexibility index (Phi) is 6.40. The van der Waals surface area contributed by atoms with E-state index >= 15 is 0 Å². The second kappa shape index (κ2) is 6.45. The summed E-state index contributed by atoms with van der Waals surface area (Å²) in [6.07, 6.45) is 1.96. The summed E-state index contributed by atoms with van der Waals surface area (Å²) in [5.74, 6) is 0.271. The molecule has 0 aromatic heterocycles. The average Bonchev–Trinajstić information content (AvgIpc) is 1.98. The van der Waals surface area contributed by atoms with Crippen molar-refractivity contribution in [3.8, 4) is 0 Å². The van der Waals surface area contributed by atoms with Gasteiger partial charge in [-0.1, -0.05) is 0 Å². The molecule has 0 aromatic carbocycles. The molecule has 0 radical (unpaired) electrons. The molecule has 15 heavy (non-hydrogen) atoms. The molecule has 2 N–H and O–H groups in total. The Bertz CT molecular complexity index is 255. The minimum atomic E-state index is -2.80. The SMILES string of the molecule is CC(C)(C)NCCNCCCS(C)(=O)=O. The van der Waals surface area contributed by atoms with E-state index in [-0.39, 0.29) is 11.3 Å². The summed E-state index contributed by atoms with van der Waals surface area (Å²) in [6, 6.07) is 0. The van der Waals surface area contributed by atoms with E-state index in [4.69, 9.17) is 0 Å². The maximum absolute atomic E-state index is 10.8. The Morgan fingerprint density at radius 1 is 1.07 bits per heavy atom. The van der Waals surface area contributed by atoms with Crippen LogP contribution < -0.4 is 10.6 Å². The van der Waals surface area contributed by atoms with Crippen LogP contribution in [-0.4, -0.2) is 45.6 Å². The Labute approximate surface area is 93.7 Å². The van der Waals surface area contributed by atoms with Crippen LogP contribution in [0.2, 0.25) is 0 Å². The molecule has 0 aliphatic carbocycles. The van der Waals surface area contributed by atoms with Crippen LogP contribution in [0.25, 0.3) is 0 Å². The molecule has 5 heteroatoms. The van der Waals surface area contributed by atoms with Crippen LogP contribution >= 0.6 is 0 Å². The first-order valence-electron chi connectivity index (χ1n) is 5.34. The Balaban J connectivity index is 3.27. The summed E-state index contributed by atoms with van der Waals surface area (Å²) in [5, 5.41) is 6.55. The molecule has 0 spiro atoms. The summed E-state index contributed by atoms with van der Waals surface area (Å²) in [4.78, 5) is 0. The van der Waals surface area contributed by atoms with Gasteiger partial charge in [0.2, 0.25) is 0 Å². The Hall–Kier alpha value is -0.130. The fourth-order valence-electron chi connectivity index (χ4n) is 1.11. The zero-order valence-corrected chi connectivity index (χ0v) is 11.1. The molecule has 0 atom stereocenters. The molecule has 4 nitrogen and oxygen atoms in total. The first-order valence-corrected chi connectivity index (χ1v) is 7.40. The second-order valence-corrected chi connectivity index (χ2v) is 7.17. The molecule has 0 fully saturated rings. The van der Waals surface area contributed by atoms with Gasteiger partial charge in [0.1, 0.15) is 9.84 Å². The van der Waals surface area contributed by atoms with E-state index in [1.807, 2.05) is 0 Å². The van der Waals surface area contributed by atoms with Crippen molar-refractivity contribution in [2.75, 3.05) is 31.6 Å². The van der Waals surface area contributed by atoms with Gasteiger partial charge >= 0.3 is 0 Å². The minimum absolute atomic E-state index is 0.147. The summed E-state index contributed by atoms with van der Waals surface area (Å²) in [6.45, 7) is 8.91. The van der Waals surface area contributed by atoms with Crippen molar-refractivity contribution in [3.05, 3.63) is 0 Å². The highest BCUT2D eigenvalue weighted by Crippen LogP contribution is 1.96. The number of hydrogen-bond acceptors (Lipinski definition) is 4. The highest BCUT2D eigenvalue weighted by molar-refractivity contribution is 7.90. The van der Waals surface area contributed by atoms with Crippen LogP contribution in [0.4, 0.5) is 0 Å². The van der Waals surface area contributed by atoms with Gasteiger partial charge in [0.15, 0.2) is 0 Å². The van der Waals surface area contributed by atoms with Gasteiger partial charge in [-0.15, -0.1) is 0 Å². The lowest BCUT2D eigenvalue weighted by molar-refractivity contribution is 0.422. The molecule has 0 aliphatic rings. The van der Waals surface area contributed by atoms with Crippen LogP contribution in [0.15, 0.2) is 0 Å². The van der Waals surface area contributed by atoms with Gasteiger partial charge in [0.25, 0.3) is 0 Å². The third-order valence-corrected chi connectivity index (χ3v) is 2.86. The average molecular weight is 236 g/mol. The summed E-state index contributed by atoms with van der Waals surface area (Å²) in [7, 11) is -2.80. The van der Waals surface area contributed by atoms with Crippen molar-refractivity contribution in [2.45, 2.75) is 32.7 Å². The Morgan fingerprint density at radius 2 is 1.67 bits per heavy atom. The van der Waals surface area contributed by atoms with Crippen LogP contribution in [0.5, 0.6) is 0 Å². The number of nitrogens with one attached hydrogen (secondary N) is 2. The second-order valence-electron chi connectivity index (χ2n) is 4.91. The topological polar surface area (TPSA) is 58.2 Å². The molecule has 0 amide bonds. The van der Waals surface area contributed by atoms with E-state index in [1.165, 1.54) is 6.26 Å². The van der Waals surface area contributed by atoms with Crippen LogP contribution in [-0.2, 0) is 9.84 Å². The van der Waals surface area contributed by atoms with Crippen molar-refractivity contribution in [1.29, 1.82) is 0 Å². The van der Waals surface area contributed by atoms with Gasteiger partial charge in [-0.3, -0.25) is 0 Å². The van der Waals surface area contributed by atoms with Gasteiger partial charge in [-0.05, 0) is 33.7 Å². The fourth-order valence-corrected chi connectivity index (χ4v) is 1.78. The highest BCUT2D eigenvalue weighted by Gasteiger charge is 2.06. The van der Waals surface area contributed by atoms with E-state index in [9.17, 15) is 8.42 Å². The summed E-state index contributed by atoms with van der Waals surface area (Å²) < 4.78 is 21.6. The van der Waals surface area contributed by atoms with Gasteiger partial charge in [0, 0.05) is 24.9 Å².